The van der Waals surface area contributed by atoms with E-state index in [1.54, 1.807) is 38.1 Å². The molecule has 0 bridgehead atoms. The minimum atomic E-state index is -4.28. The largest absolute Gasteiger partial charge is 0.492 e. The van der Waals surface area contributed by atoms with Gasteiger partial charge in [-0.3, -0.25) is 13.9 Å². The summed E-state index contributed by atoms with van der Waals surface area (Å²) in [5.41, 5.74) is 0.742. The number of benzene rings is 3. The summed E-state index contributed by atoms with van der Waals surface area (Å²) in [5.74, 6) is -1.20. The first-order valence-corrected chi connectivity index (χ1v) is 14.2. The topological polar surface area (TPSA) is 96.0 Å². The summed E-state index contributed by atoms with van der Waals surface area (Å²) in [6, 6.07) is 16.8. The number of nitrogens with one attached hydrogen (secondary N) is 1. The Morgan fingerprint density at radius 3 is 2.23 bits per heavy atom. The number of sulfonamides is 1. The zero-order valence-corrected chi connectivity index (χ0v) is 23.5. The number of likely N-dealkylation sites (N-methyl/N-ethyl adjacent to an activating group) is 1. The van der Waals surface area contributed by atoms with Crippen LogP contribution in [0.15, 0.2) is 77.7 Å². The monoisotopic (exact) mass is 575 g/mol. The first kappa shape index (κ1) is 29.9. The van der Waals surface area contributed by atoms with Crippen LogP contribution in [0.2, 0.25) is 5.02 Å². The molecule has 0 aliphatic carbocycles. The third-order valence-corrected chi connectivity index (χ3v) is 8.04. The van der Waals surface area contributed by atoms with Crippen LogP contribution >= 0.6 is 11.6 Å². The van der Waals surface area contributed by atoms with E-state index >= 15 is 0 Å². The normalized spacial score (nSPS) is 11.9. The van der Waals surface area contributed by atoms with Crippen molar-refractivity contribution in [3.63, 3.8) is 0 Å². The van der Waals surface area contributed by atoms with Crippen molar-refractivity contribution in [2.24, 2.45) is 0 Å². The van der Waals surface area contributed by atoms with E-state index in [-0.39, 0.29) is 35.9 Å². The summed E-state index contributed by atoms with van der Waals surface area (Å²) in [4.78, 5) is 27.9. The Morgan fingerprint density at radius 2 is 1.64 bits per heavy atom. The highest BCUT2D eigenvalue weighted by Crippen LogP contribution is 2.33. The number of carbonyl (C=O) groups is 2. The molecular weight excluding hydrogens is 545 g/mol. The fourth-order valence-electron chi connectivity index (χ4n) is 4.06. The first-order chi connectivity index (χ1) is 18.6. The summed E-state index contributed by atoms with van der Waals surface area (Å²) in [5, 5.41) is 2.92. The predicted octanol–water partition coefficient (Wildman–Crippen LogP) is 4.63. The average Bonchev–Trinajstić information content (AvgIpc) is 2.93. The van der Waals surface area contributed by atoms with Crippen molar-refractivity contribution in [3.8, 4) is 5.75 Å². The molecule has 11 heteroatoms. The number of para-hydroxylation sites is 2. The van der Waals surface area contributed by atoms with Crippen LogP contribution in [0.4, 0.5) is 10.1 Å². The minimum Gasteiger partial charge on any atom is -0.492 e. The van der Waals surface area contributed by atoms with Crippen molar-refractivity contribution in [2.75, 3.05) is 24.5 Å². The summed E-state index contributed by atoms with van der Waals surface area (Å²) >= 11 is 5.98. The molecule has 3 rings (SSSR count). The van der Waals surface area contributed by atoms with Crippen molar-refractivity contribution in [1.82, 2.24) is 10.2 Å². The molecule has 0 aliphatic rings. The predicted molar refractivity (Wildman–Crippen MR) is 149 cm³/mol. The van der Waals surface area contributed by atoms with Crippen molar-refractivity contribution in [2.45, 2.75) is 37.8 Å². The van der Waals surface area contributed by atoms with Crippen LogP contribution in [0.3, 0.4) is 0 Å². The van der Waals surface area contributed by atoms with Gasteiger partial charge in [-0.15, -0.1) is 0 Å². The van der Waals surface area contributed by atoms with E-state index in [0.717, 1.165) is 4.31 Å². The van der Waals surface area contributed by atoms with Crippen LogP contribution in [0.25, 0.3) is 0 Å². The standard InChI is InChI=1S/C28H31ClFN3O5S/c1-4-24(28(35)31-3)32(18-20-10-14-22(30)15-11-20)27(34)19-33(25-8-6-7-9-26(25)38-5-2)39(36,37)23-16-12-21(29)13-17-23/h6-17,24H,4-5,18-19H2,1-3H3,(H,31,35)/t24-/m0/s1. The zero-order valence-electron chi connectivity index (χ0n) is 21.9. The molecule has 0 spiro atoms. The van der Waals surface area contributed by atoms with E-state index < -0.39 is 40.2 Å². The van der Waals surface area contributed by atoms with Crippen LogP contribution in [-0.2, 0) is 26.2 Å². The molecule has 0 heterocycles. The maximum Gasteiger partial charge on any atom is 0.264 e. The number of carbonyl (C=O) groups excluding carboxylic acids is 2. The molecule has 39 heavy (non-hydrogen) atoms. The molecule has 8 nitrogen and oxygen atoms in total. The highest BCUT2D eigenvalue weighted by atomic mass is 35.5. The van der Waals surface area contributed by atoms with E-state index in [4.69, 9.17) is 16.3 Å². The van der Waals surface area contributed by atoms with E-state index in [1.807, 2.05) is 0 Å². The smallest absolute Gasteiger partial charge is 0.264 e. The van der Waals surface area contributed by atoms with Crippen LogP contribution in [0.5, 0.6) is 5.75 Å². The summed E-state index contributed by atoms with van der Waals surface area (Å²) < 4.78 is 48.0. The lowest BCUT2D eigenvalue weighted by Gasteiger charge is -2.33. The summed E-state index contributed by atoms with van der Waals surface area (Å²) in [6.45, 7) is 3.12. The van der Waals surface area contributed by atoms with Gasteiger partial charge in [0.05, 0.1) is 17.2 Å². The molecule has 0 aromatic heterocycles. The van der Waals surface area contributed by atoms with Gasteiger partial charge in [0.15, 0.2) is 0 Å². The van der Waals surface area contributed by atoms with Crippen molar-refractivity contribution in [3.05, 3.63) is 89.2 Å². The molecule has 0 fully saturated rings. The molecule has 1 atom stereocenters. The molecule has 0 unspecified atom stereocenters. The lowest BCUT2D eigenvalue weighted by atomic mass is 10.1. The Morgan fingerprint density at radius 1 is 1.00 bits per heavy atom. The second-order valence-corrected chi connectivity index (χ2v) is 10.9. The Labute approximate surface area is 233 Å². The number of nitrogens with zero attached hydrogens (tertiary/aromatic N) is 2. The van der Waals surface area contributed by atoms with Crippen LogP contribution < -0.4 is 14.4 Å². The highest BCUT2D eigenvalue weighted by molar-refractivity contribution is 7.92. The van der Waals surface area contributed by atoms with Crippen LogP contribution in [-0.4, -0.2) is 51.4 Å². The molecule has 208 valence electrons. The third-order valence-electron chi connectivity index (χ3n) is 6.01. The van der Waals surface area contributed by atoms with Gasteiger partial charge in [0.2, 0.25) is 11.8 Å². The first-order valence-electron chi connectivity index (χ1n) is 12.4. The number of halogens is 2. The number of rotatable bonds is 12. The van der Waals surface area contributed by atoms with E-state index in [9.17, 15) is 22.4 Å². The van der Waals surface area contributed by atoms with Gasteiger partial charge >= 0.3 is 0 Å². The van der Waals surface area contributed by atoms with Gasteiger partial charge in [0.25, 0.3) is 10.0 Å². The number of anilines is 1. The summed E-state index contributed by atoms with van der Waals surface area (Å²) in [6.07, 6.45) is 0.270. The molecule has 0 radical (unpaired) electrons. The van der Waals surface area contributed by atoms with E-state index in [1.165, 1.54) is 60.5 Å². The molecule has 0 aliphatic heterocycles. The molecule has 3 aromatic carbocycles. The maximum atomic E-state index is 13.9. The Balaban J connectivity index is 2.10. The number of amides is 2. The van der Waals surface area contributed by atoms with Gasteiger partial charge in [0, 0.05) is 18.6 Å². The second-order valence-electron chi connectivity index (χ2n) is 8.55. The van der Waals surface area contributed by atoms with Gasteiger partial charge < -0.3 is 15.0 Å². The van der Waals surface area contributed by atoms with E-state index in [2.05, 4.69) is 5.32 Å². The molecule has 3 aromatic rings. The number of hydrogen-bond donors (Lipinski definition) is 1. The Kier molecular flexibility index (Phi) is 10.3. The number of ether oxygens (including phenoxy) is 1. The van der Waals surface area contributed by atoms with Gasteiger partial charge in [-0.25, -0.2) is 12.8 Å². The van der Waals surface area contributed by atoms with Crippen molar-refractivity contribution in [1.29, 1.82) is 0 Å². The second kappa shape index (κ2) is 13.4. The fraction of sp³-hybridized carbons (Fsp3) is 0.286. The minimum absolute atomic E-state index is 0.0347. The fourth-order valence-corrected chi connectivity index (χ4v) is 5.61. The quantitative estimate of drug-likeness (QED) is 0.340. The SMILES string of the molecule is CCOc1ccccc1N(CC(=O)N(Cc1ccc(F)cc1)[C@@H](CC)C(=O)NC)S(=O)(=O)c1ccc(Cl)cc1. The van der Waals surface area contributed by atoms with Gasteiger partial charge in [-0.2, -0.15) is 0 Å². The average molecular weight is 576 g/mol. The van der Waals surface area contributed by atoms with Gasteiger partial charge in [-0.05, 0) is 67.4 Å². The van der Waals surface area contributed by atoms with Crippen molar-refractivity contribution >= 4 is 39.1 Å². The maximum absolute atomic E-state index is 13.9. The highest BCUT2D eigenvalue weighted by Gasteiger charge is 2.34. The molecular formula is C28H31ClFN3O5S. The zero-order chi connectivity index (χ0) is 28.6. The lowest BCUT2D eigenvalue weighted by molar-refractivity contribution is -0.140. The van der Waals surface area contributed by atoms with E-state index in [0.29, 0.717) is 10.6 Å². The summed E-state index contributed by atoms with van der Waals surface area (Å²) in [7, 11) is -2.82. The third kappa shape index (κ3) is 7.27. The molecule has 0 saturated carbocycles. The lowest BCUT2D eigenvalue weighted by Crippen LogP contribution is -2.51. The molecule has 2 amide bonds. The number of hydrogen-bond acceptors (Lipinski definition) is 5. The van der Waals surface area contributed by atoms with Gasteiger partial charge in [0.1, 0.15) is 24.2 Å². The Hall–Kier alpha value is -3.63. The van der Waals surface area contributed by atoms with Crippen molar-refractivity contribution < 1.29 is 27.1 Å². The van der Waals surface area contributed by atoms with Crippen LogP contribution in [0, 0.1) is 5.82 Å². The molecule has 1 N–H and O–H groups in total. The van der Waals surface area contributed by atoms with Gasteiger partial charge in [-0.1, -0.05) is 42.8 Å². The Bertz CT molecular complexity index is 1390. The molecule has 0 saturated heterocycles. The van der Waals surface area contributed by atoms with Crippen LogP contribution in [0.1, 0.15) is 25.8 Å².